The van der Waals surface area contributed by atoms with Crippen molar-refractivity contribution in [2.75, 3.05) is 11.9 Å². The molecule has 1 N–H and O–H groups in total. The summed E-state index contributed by atoms with van der Waals surface area (Å²) in [6.07, 6.45) is 1.43. The van der Waals surface area contributed by atoms with E-state index in [1.54, 1.807) is 0 Å². The van der Waals surface area contributed by atoms with E-state index in [-0.39, 0.29) is 0 Å². The van der Waals surface area contributed by atoms with Gasteiger partial charge in [-0.3, -0.25) is 0 Å². The molecule has 0 bridgehead atoms. The lowest BCUT2D eigenvalue weighted by molar-refractivity contribution is 0.121. The Balaban J connectivity index is 2.12. The minimum atomic E-state index is 0.324. The lowest BCUT2D eigenvalue weighted by atomic mass is 10.1. The molecule has 0 saturated carbocycles. The Morgan fingerprint density at radius 3 is 2.80 bits per heavy atom. The molecule has 1 heterocycles. The molecule has 1 saturated heterocycles. The average molecular weight is 205 g/mol. The average Bonchev–Trinajstić information content (AvgIpc) is 2.58. The second-order valence-corrected chi connectivity index (χ2v) is 4.43. The van der Waals surface area contributed by atoms with E-state index in [9.17, 15) is 0 Å². The number of rotatable bonds is 2. The zero-order valence-electron chi connectivity index (χ0n) is 9.71. The van der Waals surface area contributed by atoms with Gasteiger partial charge in [0.25, 0.3) is 0 Å². The Labute approximate surface area is 91.6 Å². The van der Waals surface area contributed by atoms with Gasteiger partial charge < -0.3 is 10.1 Å². The molecule has 0 spiro atoms. The predicted octanol–water partition coefficient (Wildman–Crippen LogP) is 2.89. The van der Waals surface area contributed by atoms with Crippen LogP contribution in [0.1, 0.15) is 24.5 Å². The van der Waals surface area contributed by atoms with Gasteiger partial charge in [-0.1, -0.05) is 12.1 Å². The van der Waals surface area contributed by atoms with E-state index in [1.807, 2.05) is 0 Å². The fraction of sp³-hybridized carbons (Fsp3) is 0.538. The van der Waals surface area contributed by atoms with Gasteiger partial charge in [-0.15, -0.1) is 0 Å². The molecular formula is C13H19NO. The van der Waals surface area contributed by atoms with Crippen molar-refractivity contribution < 1.29 is 4.74 Å². The SMILES string of the molecule is Cc1ccc(C)c(N[C@@H]2CCO[C@H]2C)c1. The molecule has 2 heteroatoms. The summed E-state index contributed by atoms with van der Waals surface area (Å²) >= 11 is 0. The zero-order valence-corrected chi connectivity index (χ0v) is 9.71. The maximum Gasteiger partial charge on any atom is 0.0748 e. The van der Waals surface area contributed by atoms with Crippen LogP contribution in [0.15, 0.2) is 18.2 Å². The summed E-state index contributed by atoms with van der Waals surface area (Å²) < 4.78 is 5.55. The van der Waals surface area contributed by atoms with Crippen LogP contribution in [0.4, 0.5) is 5.69 Å². The molecular weight excluding hydrogens is 186 g/mol. The van der Waals surface area contributed by atoms with E-state index < -0.39 is 0 Å². The number of hydrogen-bond acceptors (Lipinski definition) is 2. The second kappa shape index (κ2) is 4.23. The van der Waals surface area contributed by atoms with Crippen molar-refractivity contribution in [3.63, 3.8) is 0 Å². The zero-order chi connectivity index (χ0) is 10.8. The maximum absolute atomic E-state index is 5.55. The Bertz CT molecular complexity index is 348. The standard InChI is InChI=1S/C13H19NO/c1-9-4-5-10(2)13(8-9)14-12-6-7-15-11(12)3/h4-5,8,11-12,14H,6-7H2,1-3H3/t11-,12+/m0/s1. The van der Waals surface area contributed by atoms with Crippen LogP contribution >= 0.6 is 0 Å². The highest BCUT2D eigenvalue weighted by Crippen LogP contribution is 2.22. The van der Waals surface area contributed by atoms with Gasteiger partial charge >= 0.3 is 0 Å². The van der Waals surface area contributed by atoms with Gasteiger partial charge in [0, 0.05) is 12.3 Å². The van der Waals surface area contributed by atoms with Crippen molar-refractivity contribution in [2.45, 2.75) is 39.3 Å². The molecule has 1 aromatic rings. The van der Waals surface area contributed by atoms with Gasteiger partial charge in [0.15, 0.2) is 0 Å². The third-order valence-electron chi connectivity index (χ3n) is 3.11. The Morgan fingerprint density at radius 1 is 1.33 bits per heavy atom. The molecule has 15 heavy (non-hydrogen) atoms. The van der Waals surface area contributed by atoms with E-state index >= 15 is 0 Å². The summed E-state index contributed by atoms with van der Waals surface area (Å²) in [5, 5.41) is 3.57. The summed E-state index contributed by atoms with van der Waals surface area (Å²) in [5.74, 6) is 0. The van der Waals surface area contributed by atoms with Crippen LogP contribution in [0.2, 0.25) is 0 Å². The first-order valence-corrected chi connectivity index (χ1v) is 5.62. The van der Waals surface area contributed by atoms with Gasteiger partial charge in [-0.2, -0.15) is 0 Å². The molecule has 0 aromatic heterocycles. The van der Waals surface area contributed by atoms with Crippen molar-refractivity contribution in [1.82, 2.24) is 0 Å². The quantitative estimate of drug-likeness (QED) is 0.801. The van der Waals surface area contributed by atoms with Crippen LogP contribution in [0.5, 0.6) is 0 Å². The van der Waals surface area contributed by atoms with Crippen LogP contribution in [0.25, 0.3) is 0 Å². The van der Waals surface area contributed by atoms with Crippen LogP contribution in [-0.4, -0.2) is 18.8 Å². The normalized spacial score (nSPS) is 25.5. The largest absolute Gasteiger partial charge is 0.379 e. The second-order valence-electron chi connectivity index (χ2n) is 4.43. The summed E-state index contributed by atoms with van der Waals surface area (Å²) in [6, 6.07) is 6.98. The van der Waals surface area contributed by atoms with Gasteiger partial charge in [-0.05, 0) is 44.4 Å². The molecule has 0 aliphatic carbocycles. The molecule has 0 unspecified atom stereocenters. The van der Waals surface area contributed by atoms with Crippen molar-refractivity contribution in [3.05, 3.63) is 29.3 Å². The number of nitrogens with one attached hydrogen (secondary N) is 1. The van der Waals surface area contributed by atoms with E-state index in [4.69, 9.17) is 4.74 Å². The third kappa shape index (κ3) is 2.32. The number of ether oxygens (including phenoxy) is 1. The van der Waals surface area contributed by atoms with E-state index in [0.29, 0.717) is 12.1 Å². The molecule has 82 valence electrons. The van der Waals surface area contributed by atoms with E-state index in [0.717, 1.165) is 13.0 Å². The summed E-state index contributed by atoms with van der Waals surface area (Å²) in [7, 11) is 0. The first kappa shape index (κ1) is 10.5. The van der Waals surface area contributed by atoms with Crippen molar-refractivity contribution in [3.8, 4) is 0 Å². The van der Waals surface area contributed by atoms with Crippen LogP contribution in [0.3, 0.4) is 0 Å². The van der Waals surface area contributed by atoms with E-state index in [2.05, 4.69) is 44.3 Å². The fourth-order valence-electron chi connectivity index (χ4n) is 2.01. The number of anilines is 1. The van der Waals surface area contributed by atoms with Crippen LogP contribution < -0.4 is 5.32 Å². The molecule has 2 nitrogen and oxygen atoms in total. The van der Waals surface area contributed by atoms with Crippen molar-refractivity contribution >= 4 is 5.69 Å². The first-order valence-electron chi connectivity index (χ1n) is 5.62. The van der Waals surface area contributed by atoms with Gasteiger partial charge in [0.1, 0.15) is 0 Å². The highest BCUT2D eigenvalue weighted by molar-refractivity contribution is 5.53. The highest BCUT2D eigenvalue weighted by atomic mass is 16.5. The van der Waals surface area contributed by atoms with Gasteiger partial charge in [0.2, 0.25) is 0 Å². The minimum absolute atomic E-state index is 0.324. The fourth-order valence-corrected chi connectivity index (χ4v) is 2.01. The van der Waals surface area contributed by atoms with Crippen LogP contribution in [0, 0.1) is 13.8 Å². The third-order valence-corrected chi connectivity index (χ3v) is 3.11. The van der Waals surface area contributed by atoms with Crippen molar-refractivity contribution in [1.29, 1.82) is 0 Å². The Morgan fingerprint density at radius 2 is 2.13 bits per heavy atom. The molecule has 0 radical (unpaired) electrons. The molecule has 0 amide bonds. The Kier molecular flexibility index (Phi) is 2.96. The van der Waals surface area contributed by atoms with Gasteiger partial charge in [0.05, 0.1) is 12.1 Å². The first-order chi connectivity index (χ1) is 7.16. The number of hydrogen-bond donors (Lipinski definition) is 1. The molecule has 1 aliphatic heterocycles. The maximum atomic E-state index is 5.55. The number of aryl methyl sites for hydroxylation is 2. The Hall–Kier alpha value is -1.02. The summed E-state index contributed by atoms with van der Waals surface area (Å²) in [5.41, 5.74) is 3.85. The monoisotopic (exact) mass is 205 g/mol. The summed E-state index contributed by atoms with van der Waals surface area (Å²) in [4.78, 5) is 0. The molecule has 2 atom stereocenters. The summed E-state index contributed by atoms with van der Waals surface area (Å²) in [6.45, 7) is 7.28. The topological polar surface area (TPSA) is 21.3 Å². The van der Waals surface area contributed by atoms with E-state index in [1.165, 1.54) is 16.8 Å². The highest BCUT2D eigenvalue weighted by Gasteiger charge is 2.24. The molecule has 1 aliphatic rings. The van der Waals surface area contributed by atoms with Crippen LogP contribution in [-0.2, 0) is 4.74 Å². The molecule has 1 aromatic carbocycles. The number of benzene rings is 1. The smallest absolute Gasteiger partial charge is 0.0748 e. The predicted molar refractivity (Wildman–Crippen MR) is 63.4 cm³/mol. The minimum Gasteiger partial charge on any atom is -0.379 e. The van der Waals surface area contributed by atoms with Gasteiger partial charge in [-0.25, -0.2) is 0 Å². The lowest BCUT2D eigenvalue weighted by Gasteiger charge is -2.19. The molecule has 2 rings (SSSR count). The lowest BCUT2D eigenvalue weighted by Crippen LogP contribution is -2.27. The molecule has 1 fully saturated rings. The van der Waals surface area contributed by atoms with Crippen molar-refractivity contribution in [2.24, 2.45) is 0 Å².